The molecule has 2 atom stereocenters. The van der Waals surface area contributed by atoms with Crippen LogP contribution in [0.15, 0.2) is 0 Å². The van der Waals surface area contributed by atoms with Crippen LogP contribution in [0.3, 0.4) is 0 Å². The normalized spacial score (nSPS) is 13.6. The van der Waals surface area contributed by atoms with Gasteiger partial charge >= 0.3 is 0 Å². The largest absolute Gasteiger partial charge is 0.354 e. The van der Waals surface area contributed by atoms with Crippen LogP contribution in [0.2, 0.25) is 0 Å². The SMILES string of the molecule is CCCCC(CC)C(=O)NC[C@@H](C)NCC.Cl. The van der Waals surface area contributed by atoms with Gasteiger partial charge in [0.2, 0.25) is 5.91 Å². The minimum Gasteiger partial charge on any atom is -0.354 e. The molecule has 1 unspecified atom stereocenters. The third-order valence-corrected chi connectivity index (χ3v) is 2.90. The number of rotatable bonds is 9. The Hall–Kier alpha value is -0.280. The van der Waals surface area contributed by atoms with Crippen LogP contribution in [0.4, 0.5) is 0 Å². The Balaban J connectivity index is 0. The molecule has 0 aromatic carbocycles. The van der Waals surface area contributed by atoms with Crippen molar-refractivity contribution in [1.29, 1.82) is 0 Å². The molecule has 4 heteroatoms. The molecule has 2 N–H and O–H groups in total. The molecule has 0 aliphatic rings. The number of carbonyl (C=O) groups is 1. The van der Waals surface area contributed by atoms with E-state index < -0.39 is 0 Å². The van der Waals surface area contributed by atoms with E-state index in [-0.39, 0.29) is 24.2 Å². The van der Waals surface area contributed by atoms with Crippen molar-refractivity contribution in [3.63, 3.8) is 0 Å². The number of hydrogen-bond donors (Lipinski definition) is 2. The van der Waals surface area contributed by atoms with Gasteiger partial charge in [-0.15, -0.1) is 12.4 Å². The van der Waals surface area contributed by atoms with E-state index in [4.69, 9.17) is 0 Å². The van der Waals surface area contributed by atoms with Gasteiger partial charge in [-0.05, 0) is 26.3 Å². The van der Waals surface area contributed by atoms with Gasteiger partial charge in [0.1, 0.15) is 0 Å². The van der Waals surface area contributed by atoms with Gasteiger partial charge in [0.15, 0.2) is 0 Å². The van der Waals surface area contributed by atoms with E-state index in [1.165, 1.54) is 0 Å². The molecule has 0 rings (SSSR count). The molecular formula is C13H29ClN2O. The molecule has 0 fully saturated rings. The van der Waals surface area contributed by atoms with Crippen LogP contribution < -0.4 is 10.6 Å². The summed E-state index contributed by atoms with van der Waals surface area (Å²) >= 11 is 0. The fraction of sp³-hybridized carbons (Fsp3) is 0.923. The highest BCUT2D eigenvalue weighted by Gasteiger charge is 2.15. The zero-order valence-electron chi connectivity index (χ0n) is 11.7. The van der Waals surface area contributed by atoms with Gasteiger partial charge in [0.25, 0.3) is 0 Å². The highest BCUT2D eigenvalue weighted by molar-refractivity contribution is 5.85. The quantitative estimate of drug-likeness (QED) is 0.672. The van der Waals surface area contributed by atoms with E-state index in [0.29, 0.717) is 6.04 Å². The van der Waals surface area contributed by atoms with E-state index in [1.807, 2.05) is 0 Å². The van der Waals surface area contributed by atoms with Gasteiger partial charge in [-0.25, -0.2) is 0 Å². The molecule has 0 aliphatic carbocycles. The average Bonchev–Trinajstić information content (AvgIpc) is 2.28. The van der Waals surface area contributed by atoms with Crippen molar-refractivity contribution in [1.82, 2.24) is 10.6 Å². The topological polar surface area (TPSA) is 41.1 Å². The van der Waals surface area contributed by atoms with Gasteiger partial charge < -0.3 is 10.6 Å². The fourth-order valence-corrected chi connectivity index (χ4v) is 1.79. The lowest BCUT2D eigenvalue weighted by Crippen LogP contribution is -2.41. The Morgan fingerprint density at radius 3 is 2.35 bits per heavy atom. The third-order valence-electron chi connectivity index (χ3n) is 2.90. The molecule has 0 aliphatic heterocycles. The summed E-state index contributed by atoms with van der Waals surface area (Å²) in [5, 5.41) is 6.31. The molecule has 17 heavy (non-hydrogen) atoms. The van der Waals surface area contributed by atoms with Crippen LogP contribution in [0, 0.1) is 5.92 Å². The van der Waals surface area contributed by atoms with E-state index in [2.05, 4.69) is 38.3 Å². The molecule has 1 amide bonds. The Bertz CT molecular complexity index is 188. The van der Waals surface area contributed by atoms with Gasteiger partial charge in [-0.3, -0.25) is 4.79 Å². The number of amides is 1. The number of nitrogens with one attached hydrogen (secondary N) is 2. The highest BCUT2D eigenvalue weighted by atomic mass is 35.5. The minimum absolute atomic E-state index is 0. The summed E-state index contributed by atoms with van der Waals surface area (Å²) in [6.45, 7) is 10.1. The van der Waals surface area contributed by atoms with Crippen molar-refractivity contribution in [3.05, 3.63) is 0 Å². The summed E-state index contributed by atoms with van der Waals surface area (Å²) in [4.78, 5) is 11.8. The monoisotopic (exact) mass is 264 g/mol. The van der Waals surface area contributed by atoms with Gasteiger partial charge in [-0.1, -0.05) is 33.6 Å². The Morgan fingerprint density at radius 2 is 1.88 bits per heavy atom. The minimum atomic E-state index is 0. The predicted octanol–water partition coefficient (Wildman–Crippen LogP) is 2.74. The first-order chi connectivity index (χ1) is 7.65. The average molecular weight is 265 g/mol. The van der Waals surface area contributed by atoms with E-state index >= 15 is 0 Å². The van der Waals surface area contributed by atoms with E-state index in [0.717, 1.165) is 38.8 Å². The van der Waals surface area contributed by atoms with Crippen molar-refractivity contribution in [2.24, 2.45) is 5.92 Å². The third kappa shape index (κ3) is 9.42. The molecule has 3 nitrogen and oxygen atoms in total. The van der Waals surface area contributed by atoms with Crippen LogP contribution >= 0.6 is 12.4 Å². The van der Waals surface area contributed by atoms with Crippen LogP contribution in [0.25, 0.3) is 0 Å². The maximum absolute atomic E-state index is 11.8. The highest BCUT2D eigenvalue weighted by Crippen LogP contribution is 2.12. The van der Waals surface area contributed by atoms with Crippen molar-refractivity contribution < 1.29 is 4.79 Å². The molecule has 0 saturated carbocycles. The number of halogens is 1. The maximum Gasteiger partial charge on any atom is 0.223 e. The fourth-order valence-electron chi connectivity index (χ4n) is 1.79. The van der Waals surface area contributed by atoms with E-state index in [9.17, 15) is 4.79 Å². The first-order valence-electron chi connectivity index (χ1n) is 6.66. The molecule has 0 radical (unpaired) electrons. The lowest BCUT2D eigenvalue weighted by Gasteiger charge is -2.17. The Labute approximate surface area is 113 Å². The zero-order chi connectivity index (χ0) is 12.4. The van der Waals surface area contributed by atoms with Crippen LogP contribution in [0.1, 0.15) is 53.4 Å². The molecule has 0 saturated heterocycles. The second-order valence-corrected chi connectivity index (χ2v) is 4.45. The van der Waals surface area contributed by atoms with Crippen molar-refractivity contribution >= 4 is 18.3 Å². The molecule has 0 spiro atoms. The number of hydrogen-bond acceptors (Lipinski definition) is 2. The van der Waals surface area contributed by atoms with Crippen molar-refractivity contribution in [2.75, 3.05) is 13.1 Å². The summed E-state index contributed by atoms with van der Waals surface area (Å²) < 4.78 is 0. The molecule has 0 aromatic rings. The van der Waals surface area contributed by atoms with Crippen LogP contribution in [0.5, 0.6) is 0 Å². The Morgan fingerprint density at radius 1 is 1.24 bits per heavy atom. The molecular weight excluding hydrogens is 236 g/mol. The number of likely N-dealkylation sites (N-methyl/N-ethyl adjacent to an activating group) is 1. The van der Waals surface area contributed by atoms with E-state index in [1.54, 1.807) is 0 Å². The van der Waals surface area contributed by atoms with Gasteiger partial charge in [0, 0.05) is 18.5 Å². The second-order valence-electron chi connectivity index (χ2n) is 4.45. The molecule has 0 heterocycles. The summed E-state index contributed by atoms with van der Waals surface area (Å²) in [5.41, 5.74) is 0. The van der Waals surface area contributed by atoms with Gasteiger partial charge in [0.05, 0.1) is 0 Å². The molecule has 0 bridgehead atoms. The zero-order valence-corrected chi connectivity index (χ0v) is 12.5. The smallest absolute Gasteiger partial charge is 0.223 e. The predicted molar refractivity (Wildman–Crippen MR) is 76.7 cm³/mol. The first kappa shape index (κ1) is 19.1. The van der Waals surface area contributed by atoms with Crippen molar-refractivity contribution in [2.45, 2.75) is 59.4 Å². The lowest BCUT2D eigenvalue weighted by molar-refractivity contribution is -0.125. The van der Waals surface area contributed by atoms with Crippen molar-refractivity contribution in [3.8, 4) is 0 Å². The molecule has 0 aromatic heterocycles. The van der Waals surface area contributed by atoms with Gasteiger partial charge in [-0.2, -0.15) is 0 Å². The number of unbranched alkanes of at least 4 members (excludes halogenated alkanes) is 1. The summed E-state index contributed by atoms with van der Waals surface area (Å²) in [7, 11) is 0. The maximum atomic E-state index is 11.8. The second kappa shape index (κ2) is 12.2. The number of carbonyl (C=O) groups excluding carboxylic acids is 1. The first-order valence-corrected chi connectivity index (χ1v) is 6.66. The summed E-state index contributed by atoms with van der Waals surface area (Å²) in [6, 6.07) is 0.359. The lowest BCUT2D eigenvalue weighted by atomic mass is 9.98. The molecule has 104 valence electrons. The Kier molecular flexibility index (Phi) is 13.7. The van der Waals surface area contributed by atoms with Crippen LogP contribution in [-0.4, -0.2) is 25.0 Å². The standard InChI is InChI=1S/C13H28N2O.ClH/c1-5-8-9-12(6-2)13(16)15-10-11(4)14-7-3;/h11-12,14H,5-10H2,1-4H3,(H,15,16);1H/t11-,12?;/m1./s1. The summed E-state index contributed by atoms with van der Waals surface area (Å²) in [5.74, 6) is 0.425. The summed E-state index contributed by atoms with van der Waals surface area (Å²) in [6.07, 6.45) is 4.28. The van der Waals surface area contributed by atoms with Crippen LogP contribution in [-0.2, 0) is 4.79 Å².